The summed E-state index contributed by atoms with van der Waals surface area (Å²) in [6, 6.07) is 18.1. The standard InChI is InChI=1S/C23H30N4O2/c1-19-8-10-21(11-9-19)24-22(28)17-26-12-14-27(15-13-26)23(29)18-25(2)16-20-6-4-3-5-7-20/h3-11H,12-18H2,1-2H3,(H,24,28)/p+2. The smallest absolute Gasteiger partial charge is 0.279 e. The quantitative estimate of drug-likeness (QED) is 0.584. The van der Waals surface area contributed by atoms with Crippen molar-refractivity contribution in [2.24, 2.45) is 0 Å². The second-order valence-corrected chi connectivity index (χ2v) is 8.02. The predicted molar refractivity (Wildman–Crippen MR) is 114 cm³/mol. The summed E-state index contributed by atoms with van der Waals surface area (Å²) in [6.45, 7) is 6.85. The van der Waals surface area contributed by atoms with Gasteiger partial charge in [-0.2, -0.15) is 0 Å². The maximum absolute atomic E-state index is 12.6. The molecule has 1 atom stereocenters. The van der Waals surface area contributed by atoms with Crippen LogP contribution in [-0.4, -0.2) is 63.0 Å². The summed E-state index contributed by atoms with van der Waals surface area (Å²) in [5.74, 6) is 0.220. The number of carbonyl (C=O) groups is 2. The number of benzene rings is 2. The van der Waals surface area contributed by atoms with Crippen molar-refractivity contribution >= 4 is 17.5 Å². The molecule has 0 bridgehead atoms. The average Bonchev–Trinajstić information content (AvgIpc) is 2.71. The number of quaternary nitrogens is 2. The Morgan fingerprint density at radius 2 is 1.69 bits per heavy atom. The number of nitrogens with one attached hydrogen (secondary N) is 3. The van der Waals surface area contributed by atoms with Crippen molar-refractivity contribution in [2.75, 3.05) is 51.6 Å². The average molecular weight is 397 g/mol. The van der Waals surface area contributed by atoms with E-state index in [0.29, 0.717) is 26.2 Å². The molecule has 2 aromatic rings. The molecule has 29 heavy (non-hydrogen) atoms. The summed E-state index contributed by atoms with van der Waals surface area (Å²) in [4.78, 5) is 29.3. The van der Waals surface area contributed by atoms with Crippen LogP contribution in [0.4, 0.5) is 5.69 Å². The minimum absolute atomic E-state index is 0.0238. The Hall–Kier alpha value is -2.70. The molecular weight excluding hydrogens is 364 g/mol. The molecule has 0 spiro atoms. The Morgan fingerprint density at radius 3 is 2.34 bits per heavy atom. The molecule has 2 amide bonds. The maximum Gasteiger partial charge on any atom is 0.279 e. The molecular formula is C23H32N4O2+2. The first kappa shape index (κ1) is 21.0. The number of nitrogens with zero attached hydrogens (tertiary/aromatic N) is 1. The first-order chi connectivity index (χ1) is 14.0. The topological polar surface area (TPSA) is 58.3 Å². The van der Waals surface area contributed by atoms with E-state index >= 15 is 0 Å². The van der Waals surface area contributed by atoms with E-state index in [1.807, 2.05) is 54.3 Å². The third-order valence-electron chi connectivity index (χ3n) is 5.37. The van der Waals surface area contributed by atoms with E-state index in [-0.39, 0.29) is 11.8 Å². The number of amides is 2. The Morgan fingerprint density at radius 1 is 1.03 bits per heavy atom. The van der Waals surface area contributed by atoms with Crippen LogP contribution in [0.1, 0.15) is 11.1 Å². The Kier molecular flexibility index (Phi) is 7.38. The van der Waals surface area contributed by atoms with Crippen molar-refractivity contribution in [3.8, 4) is 0 Å². The van der Waals surface area contributed by atoms with Gasteiger partial charge in [-0.15, -0.1) is 0 Å². The van der Waals surface area contributed by atoms with Crippen LogP contribution in [0.3, 0.4) is 0 Å². The molecule has 1 unspecified atom stereocenters. The Bertz CT molecular complexity index is 799. The Balaban J connectivity index is 1.38. The van der Waals surface area contributed by atoms with E-state index in [2.05, 4.69) is 24.5 Å². The molecule has 0 saturated carbocycles. The second kappa shape index (κ2) is 10.2. The number of likely N-dealkylation sites (N-methyl/N-ethyl adjacent to an activating group) is 1. The largest absolute Gasteiger partial charge is 0.327 e. The molecule has 1 aliphatic heterocycles. The van der Waals surface area contributed by atoms with Crippen LogP contribution in [0.15, 0.2) is 54.6 Å². The molecule has 0 radical (unpaired) electrons. The number of anilines is 1. The zero-order valence-electron chi connectivity index (χ0n) is 17.4. The minimum Gasteiger partial charge on any atom is -0.327 e. The van der Waals surface area contributed by atoms with Crippen LogP contribution in [0.25, 0.3) is 0 Å². The normalized spacial score (nSPS) is 15.7. The molecule has 6 nitrogen and oxygen atoms in total. The highest BCUT2D eigenvalue weighted by molar-refractivity contribution is 5.91. The van der Waals surface area contributed by atoms with Gasteiger partial charge in [-0.25, -0.2) is 0 Å². The minimum atomic E-state index is 0.0238. The van der Waals surface area contributed by atoms with Gasteiger partial charge in [0.1, 0.15) is 6.54 Å². The SMILES string of the molecule is Cc1ccc(NC(=O)C[NH+]2CCN(C(=O)C[NH+](C)Cc3ccccc3)CC2)cc1. The lowest BCUT2D eigenvalue weighted by atomic mass is 10.2. The van der Waals surface area contributed by atoms with Crippen molar-refractivity contribution in [3.05, 3.63) is 65.7 Å². The van der Waals surface area contributed by atoms with Crippen LogP contribution in [-0.2, 0) is 16.1 Å². The molecule has 1 heterocycles. The van der Waals surface area contributed by atoms with Gasteiger partial charge >= 0.3 is 0 Å². The third-order valence-corrected chi connectivity index (χ3v) is 5.37. The van der Waals surface area contributed by atoms with Crippen LogP contribution < -0.4 is 15.1 Å². The van der Waals surface area contributed by atoms with Gasteiger partial charge in [0.25, 0.3) is 11.8 Å². The van der Waals surface area contributed by atoms with E-state index in [0.717, 1.165) is 25.3 Å². The summed E-state index contributed by atoms with van der Waals surface area (Å²) in [7, 11) is 2.06. The third kappa shape index (κ3) is 6.69. The fraction of sp³-hybridized carbons (Fsp3) is 0.391. The molecule has 6 heteroatoms. The summed E-state index contributed by atoms with van der Waals surface area (Å²) < 4.78 is 0. The molecule has 154 valence electrons. The zero-order chi connectivity index (χ0) is 20.6. The van der Waals surface area contributed by atoms with E-state index in [1.165, 1.54) is 20.9 Å². The summed E-state index contributed by atoms with van der Waals surface area (Å²) in [6.07, 6.45) is 0. The molecule has 1 fully saturated rings. The van der Waals surface area contributed by atoms with Gasteiger partial charge < -0.3 is 20.0 Å². The van der Waals surface area contributed by atoms with Gasteiger partial charge in [-0.3, -0.25) is 9.59 Å². The van der Waals surface area contributed by atoms with Crippen molar-refractivity contribution in [3.63, 3.8) is 0 Å². The van der Waals surface area contributed by atoms with Gasteiger partial charge in [0.2, 0.25) is 0 Å². The van der Waals surface area contributed by atoms with Crippen LogP contribution in [0.2, 0.25) is 0 Å². The molecule has 1 aliphatic rings. The second-order valence-electron chi connectivity index (χ2n) is 8.02. The van der Waals surface area contributed by atoms with E-state index in [4.69, 9.17) is 0 Å². The molecule has 3 N–H and O–H groups in total. The van der Waals surface area contributed by atoms with Gasteiger partial charge in [0.05, 0.1) is 33.2 Å². The molecule has 2 aromatic carbocycles. The van der Waals surface area contributed by atoms with Crippen LogP contribution in [0.5, 0.6) is 0 Å². The predicted octanol–water partition coefficient (Wildman–Crippen LogP) is -0.624. The van der Waals surface area contributed by atoms with Crippen molar-refractivity contribution < 1.29 is 19.4 Å². The molecule has 3 rings (SSSR count). The number of aryl methyl sites for hydroxylation is 1. The highest BCUT2D eigenvalue weighted by Crippen LogP contribution is 2.07. The first-order valence-electron chi connectivity index (χ1n) is 10.3. The van der Waals surface area contributed by atoms with Crippen molar-refractivity contribution in [2.45, 2.75) is 13.5 Å². The summed E-state index contributed by atoms with van der Waals surface area (Å²) in [5.41, 5.74) is 3.25. The first-order valence-corrected chi connectivity index (χ1v) is 10.3. The number of carbonyl (C=O) groups excluding carboxylic acids is 2. The number of rotatable bonds is 7. The van der Waals surface area contributed by atoms with E-state index in [9.17, 15) is 9.59 Å². The monoisotopic (exact) mass is 396 g/mol. The Labute approximate surface area is 173 Å². The lowest BCUT2D eigenvalue weighted by Gasteiger charge is -2.32. The van der Waals surface area contributed by atoms with Crippen LogP contribution >= 0.6 is 0 Å². The molecule has 1 saturated heterocycles. The van der Waals surface area contributed by atoms with Gasteiger partial charge in [0.15, 0.2) is 13.1 Å². The fourth-order valence-electron chi connectivity index (χ4n) is 3.70. The van der Waals surface area contributed by atoms with E-state index < -0.39 is 0 Å². The van der Waals surface area contributed by atoms with Gasteiger partial charge in [0, 0.05) is 11.3 Å². The lowest BCUT2D eigenvalue weighted by molar-refractivity contribution is -0.896. The van der Waals surface area contributed by atoms with Crippen LogP contribution in [0, 0.1) is 6.92 Å². The van der Waals surface area contributed by atoms with Crippen molar-refractivity contribution in [1.82, 2.24) is 4.90 Å². The van der Waals surface area contributed by atoms with Gasteiger partial charge in [-0.1, -0.05) is 48.0 Å². The highest BCUT2D eigenvalue weighted by atomic mass is 16.2. The number of hydrogen-bond acceptors (Lipinski definition) is 2. The summed E-state index contributed by atoms with van der Waals surface area (Å²) in [5, 5.41) is 2.96. The van der Waals surface area contributed by atoms with E-state index in [1.54, 1.807) is 0 Å². The van der Waals surface area contributed by atoms with Crippen molar-refractivity contribution in [1.29, 1.82) is 0 Å². The number of piperazine rings is 1. The fourth-order valence-corrected chi connectivity index (χ4v) is 3.70. The maximum atomic E-state index is 12.6. The highest BCUT2D eigenvalue weighted by Gasteiger charge is 2.26. The molecule has 0 aromatic heterocycles. The van der Waals surface area contributed by atoms with Gasteiger partial charge in [-0.05, 0) is 19.1 Å². The summed E-state index contributed by atoms with van der Waals surface area (Å²) >= 11 is 0. The molecule has 0 aliphatic carbocycles. The zero-order valence-corrected chi connectivity index (χ0v) is 17.4. The lowest BCUT2D eigenvalue weighted by Crippen LogP contribution is -3.16. The number of hydrogen-bond donors (Lipinski definition) is 3.